The van der Waals surface area contributed by atoms with E-state index in [1.54, 1.807) is 42.1 Å². The number of carbonyl (C=O) groups excluding carboxylic acids is 1. The number of nitrogens with zero attached hydrogens (tertiary/aromatic N) is 4. The molecule has 0 atom stereocenters. The number of halogens is 1. The smallest absolute Gasteiger partial charge is 0.245 e. The van der Waals surface area contributed by atoms with Gasteiger partial charge in [0.25, 0.3) is 0 Å². The van der Waals surface area contributed by atoms with Gasteiger partial charge < -0.3 is 10.1 Å². The summed E-state index contributed by atoms with van der Waals surface area (Å²) in [7, 11) is 1.54. The van der Waals surface area contributed by atoms with Crippen LogP contribution in [0.1, 0.15) is 21.5 Å². The van der Waals surface area contributed by atoms with Gasteiger partial charge in [-0.1, -0.05) is 15.9 Å². The summed E-state index contributed by atoms with van der Waals surface area (Å²) in [6, 6.07) is 15.1. The molecule has 3 aromatic rings. The van der Waals surface area contributed by atoms with Gasteiger partial charge >= 0.3 is 0 Å². The minimum absolute atomic E-state index is 0.0446. The van der Waals surface area contributed by atoms with Crippen LogP contribution in [-0.4, -0.2) is 55.2 Å². The van der Waals surface area contributed by atoms with E-state index in [1.807, 2.05) is 18.2 Å². The van der Waals surface area contributed by atoms with Crippen LogP contribution in [0.5, 0.6) is 5.75 Å². The van der Waals surface area contributed by atoms with Gasteiger partial charge in [0, 0.05) is 53.4 Å². The third kappa shape index (κ3) is 4.84. The van der Waals surface area contributed by atoms with Gasteiger partial charge in [-0.3, -0.25) is 14.3 Å². The van der Waals surface area contributed by atoms with Crippen molar-refractivity contribution in [3.8, 4) is 17.9 Å². The highest BCUT2D eigenvalue weighted by Crippen LogP contribution is 2.32. The number of benzene rings is 2. The minimum atomic E-state index is -0.0446. The lowest BCUT2D eigenvalue weighted by Gasteiger charge is -2.26. The molecule has 7 nitrogen and oxygen atoms in total. The number of nitrogens with one attached hydrogen (secondary N) is 1. The van der Waals surface area contributed by atoms with E-state index in [0.717, 1.165) is 41.6 Å². The summed E-state index contributed by atoms with van der Waals surface area (Å²) in [6.07, 6.45) is 3.43. The first-order valence-corrected chi connectivity index (χ1v) is 11.3. The maximum absolute atomic E-state index is 13.2. The number of rotatable bonds is 5. The van der Waals surface area contributed by atoms with Crippen LogP contribution in [0.2, 0.25) is 0 Å². The number of hydrogen-bond donors (Lipinski definition) is 1. The molecule has 0 bridgehead atoms. The van der Waals surface area contributed by atoms with Crippen LogP contribution < -0.4 is 10.1 Å². The maximum atomic E-state index is 13.2. The summed E-state index contributed by atoms with van der Waals surface area (Å²) < 4.78 is 7.90. The van der Waals surface area contributed by atoms with Crippen LogP contribution in [0.4, 0.5) is 0 Å². The lowest BCUT2D eigenvalue weighted by Crippen LogP contribution is -2.46. The Kier molecular flexibility index (Phi) is 6.90. The van der Waals surface area contributed by atoms with Crippen molar-refractivity contribution in [2.24, 2.45) is 0 Å². The van der Waals surface area contributed by atoms with Gasteiger partial charge in [0.15, 0.2) is 0 Å². The van der Waals surface area contributed by atoms with Crippen molar-refractivity contribution in [1.29, 1.82) is 10.5 Å². The Labute approximate surface area is 200 Å². The lowest BCUT2D eigenvalue weighted by molar-refractivity contribution is 0.0844. The summed E-state index contributed by atoms with van der Waals surface area (Å²) >= 11 is 3.50. The molecular formula is C25H22BrN5O2. The summed E-state index contributed by atoms with van der Waals surface area (Å²) in [6.45, 7) is 3.68. The highest BCUT2D eigenvalue weighted by atomic mass is 79.9. The molecule has 1 aromatic heterocycles. The summed E-state index contributed by atoms with van der Waals surface area (Å²) in [5.74, 6) is 0.512. The van der Waals surface area contributed by atoms with Crippen molar-refractivity contribution in [1.82, 2.24) is 14.8 Å². The molecule has 8 heteroatoms. The topological polar surface area (TPSA) is 94.1 Å². The number of ether oxygens (including phenoxy) is 1. The van der Waals surface area contributed by atoms with Crippen LogP contribution in [0.15, 0.2) is 47.1 Å². The lowest BCUT2D eigenvalue weighted by atomic mass is 10.0. The average molecular weight is 504 g/mol. The fourth-order valence-electron chi connectivity index (χ4n) is 4.00. The van der Waals surface area contributed by atoms with E-state index in [-0.39, 0.29) is 5.91 Å². The molecule has 0 aliphatic carbocycles. The second-order valence-electron chi connectivity index (χ2n) is 7.73. The Morgan fingerprint density at radius 1 is 1.21 bits per heavy atom. The number of methoxy groups -OCH3 is 1. The number of carbonyl (C=O) groups is 1. The van der Waals surface area contributed by atoms with Crippen LogP contribution in [0, 0.1) is 22.7 Å². The minimum Gasteiger partial charge on any atom is -0.496 e. The van der Waals surface area contributed by atoms with Gasteiger partial charge in [0.1, 0.15) is 5.75 Å². The van der Waals surface area contributed by atoms with Gasteiger partial charge in [-0.05, 0) is 42.5 Å². The van der Waals surface area contributed by atoms with E-state index < -0.39 is 0 Å². The molecule has 1 saturated heterocycles. The maximum Gasteiger partial charge on any atom is 0.245 e. The molecule has 1 aliphatic rings. The van der Waals surface area contributed by atoms with Crippen LogP contribution in [-0.2, 0) is 0 Å². The number of allylic oxidation sites excluding steroid dienone is 1. The predicted molar refractivity (Wildman–Crippen MR) is 131 cm³/mol. The van der Waals surface area contributed by atoms with Gasteiger partial charge in [-0.2, -0.15) is 10.5 Å². The van der Waals surface area contributed by atoms with Crippen molar-refractivity contribution in [3.63, 3.8) is 0 Å². The van der Waals surface area contributed by atoms with Crippen molar-refractivity contribution < 1.29 is 9.53 Å². The van der Waals surface area contributed by atoms with Crippen molar-refractivity contribution >= 4 is 44.4 Å². The summed E-state index contributed by atoms with van der Waals surface area (Å²) in [4.78, 5) is 15.3. The van der Waals surface area contributed by atoms with E-state index in [2.05, 4.69) is 38.3 Å². The first kappa shape index (κ1) is 22.8. The second-order valence-corrected chi connectivity index (χ2v) is 8.65. The number of piperazine rings is 1. The Morgan fingerprint density at radius 2 is 2.00 bits per heavy atom. The fourth-order valence-corrected chi connectivity index (χ4v) is 4.36. The highest BCUT2D eigenvalue weighted by Gasteiger charge is 2.20. The van der Waals surface area contributed by atoms with E-state index in [1.165, 1.54) is 0 Å². The zero-order valence-electron chi connectivity index (χ0n) is 18.1. The molecule has 0 saturated carbocycles. The Balaban J connectivity index is 1.81. The molecule has 2 heterocycles. The SMILES string of the molecule is COc1ccc(C#N)cc1/C=C(\C#N)c1cn(C(=O)CN2CCNCC2)c2ccc(Br)cc12. The molecule has 0 radical (unpaired) electrons. The quantitative estimate of drug-likeness (QED) is 0.530. The predicted octanol–water partition coefficient (Wildman–Crippen LogP) is 3.89. The molecule has 1 aliphatic heterocycles. The van der Waals surface area contributed by atoms with E-state index in [0.29, 0.717) is 34.6 Å². The number of hydrogen-bond acceptors (Lipinski definition) is 6. The first-order chi connectivity index (χ1) is 16.0. The average Bonchev–Trinajstić information content (AvgIpc) is 3.21. The second kappa shape index (κ2) is 10.0. The van der Waals surface area contributed by atoms with Gasteiger partial charge in [-0.15, -0.1) is 0 Å². The van der Waals surface area contributed by atoms with Crippen LogP contribution in [0.3, 0.4) is 0 Å². The Bertz CT molecular complexity index is 1320. The molecular weight excluding hydrogens is 482 g/mol. The van der Waals surface area contributed by atoms with Gasteiger partial charge in [0.2, 0.25) is 5.91 Å². The molecule has 1 fully saturated rings. The monoisotopic (exact) mass is 503 g/mol. The van der Waals surface area contributed by atoms with Crippen LogP contribution in [0.25, 0.3) is 22.6 Å². The van der Waals surface area contributed by atoms with E-state index >= 15 is 0 Å². The number of nitriles is 2. The number of fused-ring (bicyclic) bond motifs is 1. The molecule has 0 amide bonds. The third-order valence-corrected chi connectivity index (χ3v) is 6.17. The van der Waals surface area contributed by atoms with Crippen LogP contribution >= 0.6 is 15.9 Å². The number of aromatic nitrogens is 1. The van der Waals surface area contributed by atoms with E-state index in [4.69, 9.17) is 4.74 Å². The molecule has 4 rings (SSSR count). The largest absolute Gasteiger partial charge is 0.496 e. The molecule has 0 unspecified atom stereocenters. The van der Waals surface area contributed by atoms with Crippen molar-refractivity contribution in [2.75, 3.05) is 39.8 Å². The third-order valence-electron chi connectivity index (χ3n) is 5.67. The van der Waals surface area contributed by atoms with Gasteiger partial charge in [-0.25, -0.2) is 0 Å². The molecule has 33 heavy (non-hydrogen) atoms. The van der Waals surface area contributed by atoms with Crippen molar-refractivity contribution in [2.45, 2.75) is 0 Å². The van der Waals surface area contributed by atoms with Gasteiger partial charge in [0.05, 0.1) is 42.4 Å². The molecule has 166 valence electrons. The highest BCUT2D eigenvalue weighted by molar-refractivity contribution is 9.10. The molecule has 2 aromatic carbocycles. The standard InChI is InChI=1S/C25H22BrN5O2/c1-33-24-5-2-17(13-27)10-18(24)11-19(14-28)22-15-31(23-4-3-20(26)12-21(22)23)25(32)16-30-8-6-29-7-9-30/h2-5,10-12,15,29H,6-9,16H2,1H3/b19-11+. The fraction of sp³-hybridized carbons (Fsp3) is 0.240. The Hall–Kier alpha value is -3.43. The zero-order valence-corrected chi connectivity index (χ0v) is 19.7. The zero-order chi connectivity index (χ0) is 23.4. The first-order valence-electron chi connectivity index (χ1n) is 10.5. The summed E-state index contributed by atoms with van der Waals surface area (Å²) in [5.41, 5.74) is 2.85. The van der Waals surface area contributed by atoms with E-state index in [9.17, 15) is 15.3 Å². The summed E-state index contributed by atoms with van der Waals surface area (Å²) in [5, 5.41) is 23.4. The molecule has 0 spiro atoms. The molecule has 1 N–H and O–H groups in total. The van der Waals surface area contributed by atoms with Crippen molar-refractivity contribution in [3.05, 3.63) is 63.8 Å². The Morgan fingerprint density at radius 3 is 2.70 bits per heavy atom. The normalized spacial score (nSPS) is 14.6.